The number of carbonyl (C=O) groups excluding carboxylic acids is 1. The van der Waals surface area contributed by atoms with Crippen molar-refractivity contribution in [2.75, 3.05) is 39.3 Å². The molecule has 4 fully saturated rings. The van der Waals surface area contributed by atoms with Crippen LogP contribution in [0.2, 0.25) is 0 Å². The van der Waals surface area contributed by atoms with E-state index in [0.717, 1.165) is 52.1 Å². The molecule has 0 aromatic heterocycles. The molecule has 4 rings (SSSR count). The molecule has 4 aliphatic rings. The molecule has 2 heterocycles. The van der Waals surface area contributed by atoms with Gasteiger partial charge in [-0.25, -0.2) is 0 Å². The summed E-state index contributed by atoms with van der Waals surface area (Å²) < 4.78 is 5.91. The molecule has 2 saturated heterocycles. The van der Waals surface area contributed by atoms with E-state index in [1.807, 2.05) is 0 Å². The van der Waals surface area contributed by atoms with E-state index in [4.69, 9.17) is 4.74 Å². The fraction of sp³-hybridized carbons (Fsp3) is 0.857. The number of carbonyl (C=O) groups is 1. The predicted molar refractivity (Wildman–Crippen MR) is 99.2 cm³/mol. The van der Waals surface area contributed by atoms with Crippen molar-refractivity contribution in [1.29, 1.82) is 0 Å². The maximum absolute atomic E-state index is 12.6. The van der Waals surface area contributed by atoms with Crippen molar-refractivity contribution in [3.8, 4) is 0 Å². The Balaban J connectivity index is 1.44. The SMILES string of the molecule is C=C1CCC[C@]2(C)C[C@H]3OC(=O)[C@H](CN4CCN(CC)CC4)[C@H]3C[C@@H]12. The molecule has 2 saturated carbocycles. The average Bonchev–Trinajstić information content (AvgIpc) is 2.88. The Bertz CT molecular complexity index is 540. The molecule has 25 heavy (non-hydrogen) atoms. The van der Waals surface area contributed by atoms with Crippen LogP contribution < -0.4 is 0 Å². The minimum Gasteiger partial charge on any atom is -0.462 e. The van der Waals surface area contributed by atoms with E-state index in [0.29, 0.717) is 17.3 Å². The number of rotatable bonds is 3. The molecule has 140 valence electrons. The summed E-state index contributed by atoms with van der Waals surface area (Å²) in [6.07, 6.45) is 6.01. The van der Waals surface area contributed by atoms with Crippen molar-refractivity contribution in [2.24, 2.45) is 23.2 Å². The Kier molecular flexibility index (Phi) is 4.70. The molecular weight excluding hydrogens is 312 g/mol. The van der Waals surface area contributed by atoms with E-state index in [1.54, 1.807) is 0 Å². The number of allylic oxidation sites excluding steroid dienone is 1. The third-order valence-corrected chi connectivity index (χ3v) is 7.69. The zero-order valence-corrected chi connectivity index (χ0v) is 16.0. The van der Waals surface area contributed by atoms with Crippen LogP contribution in [0.25, 0.3) is 0 Å². The standard InChI is InChI=1S/C21H34N2O2/c1-4-22-8-10-23(11-9-22)14-17-16-12-18-15(2)6-5-7-21(18,3)13-19(16)25-20(17)24/h16-19H,2,4-14H2,1,3H3/t16-,17-,18+,19-,21-/m1/s1. The summed E-state index contributed by atoms with van der Waals surface area (Å²) in [6.45, 7) is 15.5. The minimum absolute atomic E-state index is 0.0702. The van der Waals surface area contributed by atoms with Crippen molar-refractivity contribution >= 4 is 5.97 Å². The first kappa shape index (κ1) is 17.5. The highest BCUT2D eigenvalue weighted by molar-refractivity contribution is 5.75. The van der Waals surface area contributed by atoms with Gasteiger partial charge in [0.1, 0.15) is 6.10 Å². The second kappa shape index (κ2) is 6.70. The average molecular weight is 347 g/mol. The molecule has 0 unspecified atom stereocenters. The lowest BCUT2D eigenvalue weighted by Gasteiger charge is -2.50. The molecule has 5 atom stereocenters. The van der Waals surface area contributed by atoms with Crippen molar-refractivity contribution in [3.63, 3.8) is 0 Å². The van der Waals surface area contributed by atoms with Crippen molar-refractivity contribution in [3.05, 3.63) is 12.2 Å². The number of esters is 1. The van der Waals surface area contributed by atoms with Gasteiger partial charge in [0, 0.05) is 38.6 Å². The van der Waals surface area contributed by atoms with Gasteiger partial charge >= 0.3 is 5.97 Å². The number of hydrogen-bond acceptors (Lipinski definition) is 4. The molecule has 0 N–H and O–H groups in total. The van der Waals surface area contributed by atoms with Crippen LogP contribution in [-0.2, 0) is 9.53 Å². The van der Waals surface area contributed by atoms with Gasteiger partial charge in [0.2, 0.25) is 0 Å². The number of ether oxygens (including phenoxy) is 1. The third kappa shape index (κ3) is 3.16. The lowest BCUT2D eigenvalue weighted by molar-refractivity contribution is -0.146. The fourth-order valence-electron chi connectivity index (χ4n) is 6.03. The van der Waals surface area contributed by atoms with E-state index in [-0.39, 0.29) is 18.0 Å². The minimum atomic E-state index is 0.0702. The van der Waals surface area contributed by atoms with Crippen LogP contribution in [0.15, 0.2) is 12.2 Å². The van der Waals surface area contributed by atoms with Gasteiger partial charge in [-0.15, -0.1) is 0 Å². The first-order chi connectivity index (χ1) is 12.0. The van der Waals surface area contributed by atoms with Crippen LogP contribution in [0.4, 0.5) is 0 Å². The topological polar surface area (TPSA) is 32.8 Å². The Morgan fingerprint density at radius 2 is 1.96 bits per heavy atom. The summed E-state index contributed by atoms with van der Waals surface area (Å²) >= 11 is 0. The van der Waals surface area contributed by atoms with Crippen LogP contribution in [0, 0.1) is 23.2 Å². The van der Waals surface area contributed by atoms with Crippen molar-refractivity contribution in [1.82, 2.24) is 9.80 Å². The molecule has 0 aromatic carbocycles. The Morgan fingerprint density at radius 1 is 1.24 bits per heavy atom. The molecule has 0 spiro atoms. The maximum atomic E-state index is 12.6. The Morgan fingerprint density at radius 3 is 2.68 bits per heavy atom. The summed E-state index contributed by atoms with van der Waals surface area (Å²) in [6, 6.07) is 0. The largest absolute Gasteiger partial charge is 0.462 e. The van der Waals surface area contributed by atoms with Gasteiger partial charge in [-0.05, 0) is 50.0 Å². The van der Waals surface area contributed by atoms with Gasteiger partial charge in [0.05, 0.1) is 5.92 Å². The Labute approximate surface area is 152 Å². The van der Waals surface area contributed by atoms with Crippen molar-refractivity contribution < 1.29 is 9.53 Å². The number of fused-ring (bicyclic) bond motifs is 2. The molecule has 2 aliphatic heterocycles. The quantitative estimate of drug-likeness (QED) is 0.581. The molecule has 2 aliphatic carbocycles. The zero-order valence-electron chi connectivity index (χ0n) is 16.0. The van der Waals surface area contributed by atoms with Crippen LogP contribution in [0.1, 0.15) is 46.0 Å². The lowest BCUT2D eigenvalue weighted by Crippen LogP contribution is -2.49. The van der Waals surface area contributed by atoms with Crippen molar-refractivity contribution in [2.45, 2.75) is 52.1 Å². The maximum Gasteiger partial charge on any atom is 0.310 e. The van der Waals surface area contributed by atoms with Crippen LogP contribution >= 0.6 is 0 Å². The Hall–Kier alpha value is -0.870. The van der Waals surface area contributed by atoms with Gasteiger partial charge in [-0.2, -0.15) is 0 Å². The molecular formula is C21H34N2O2. The summed E-state index contributed by atoms with van der Waals surface area (Å²) in [5.74, 6) is 1.15. The molecule has 0 aromatic rings. The first-order valence-corrected chi connectivity index (χ1v) is 10.3. The molecule has 0 amide bonds. The molecule has 4 nitrogen and oxygen atoms in total. The second-order valence-electron chi connectivity index (χ2n) is 9.14. The first-order valence-electron chi connectivity index (χ1n) is 10.3. The van der Waals surface area contributed by atoms with Gasteiger partial charge in [-0.1, -0.05) is 26.0 Å². The highest BCUT2D eigenvalue weighted by Gasteiger charge is 2.55. The predicted octanol–water partition coefficient (Wildman–Crippen LogP) is 2.94. The van der Waals surface area contributed by atoms with Gasteiger partial charge in [-0.3, -0.25) is 9.69 Å². The smallest absolute Gasteiger partial charge is 0.310 e. The number of hydrogen-bond donors (Lipinski definition) is 0. The van der Waals surface area contributed by atoms with E-state index in [9.17, 15) is 4.79 Å². The van der Waals surface area contributed by atoms with E-state index in [1.165, 1.54) is 24.8 Å². The van der Waals surface area contributed by atoms with Crippen LogP contribution in [0.3, 0.4) is 0 Å². The highest BCUT2D eigenvalue weighted by atomic mass is 16.6. The van der Waals surface area contributed by atoms with Gasteiger partial charge in [0.15, 0.2) is 0 Å². The summed E-state index contributed by atoms with van der Waals surface area (Å²) in [5, 5.41) is 0. The zero-order chi connectivity index (χ0) is 17.6. The third-order valence-electron chi connectivity index (χ3n) is 7.69. The van der Waals surface area contributed by atoms with E-state index in [2.05, 4.69) is 30.2 Å². The summed E-state index contributed by atoms with van der Waals surface area (Å²) in [7, 11) is 0. The normalized spacial score (nSPS) is 42.8. The van der Waals surface area contributed by atoms with E-state index < -0.39 is 0 Å². The van der Waals surface area contributed by atoms with Crippen LogP contribution in [-0.4, -0.2) is 61.1 Å². The lowest BCUT2D eigenvalue weighted by atomic mass is 9.55. The number of nitrogens with zero attached hydrogens (tertiary/aromatic N) is 2. The van der Waals surface area contributed by atoms with Gasteiger partial charge in [0.25, 0.3) is 0 Å². The van der Waals surface area contributed by atoms with E-state index >= 15 is 0 Å². The second-order valence-corrected chi connectivity index (χ2v) is 9.14. The fourth-order valence-corrected chi connectivity index (χ4v) is 6.03. The van der Waals surface area contributed by atoms with Gasteiger partial charge < -0.3 is 9.64 Å². The highest BCUT2D eigenvalue weighted by Crippen LogP contribution is 2.56. The molecule has 0 bridgehead atoms. The summed E-state index contributed by atoms with van der Waals surface area (Å²) in [5.41, 5.74) is 1.74. The monoisotopic (exact) mass is 346 g/mol. The number of piperazine rings is 1. The number of likely N-dealkylation sites (N-methyl/N-ethyl adjacent to an activating group) is 1. The van der Waals surface area contributed by atoms with Crippen LogP contribution in [0.5, 0.6) is 0 Å². The summed E-state index contributed by atoms with van der Waals surface area (Å²) in [4.78, 5) is 17.6. The molecule has 0 radical (unpaired) electrons. The molecule has 4 heteroatoms.